The van der Waals surface area contributed by atoms with Crippen molar-refractivity contribution in [2.75, 3.05) is 13.2 Å². The summed E-state index contributed by atoms with van der Waals surface area (Å²) in [6.45, 7) is 4.74. The van der Waals surface area contributed by atoms with Crippen LogP contribution in [0.3, 0.4) is 0 Å². The van der Waals surface area contributed by atoms with Gasteiger partial charge in [-0.25, -0.2) is 0 Å². The van der Waals surface area contributed by atoms with E-state index in [0.29, 0.717) is 24.0 Å². The number of nitro benzene ring substituents is 1. The summed E-state index contributed by atoms with van der Waals surface area (Å²) in [4.78, 5) is 10.4. The van der Waals surface area contributed by atoms with Crippen LogP contribution >= 0.6 is 11.6 Å². The Balaban J connectivity index is 3.04. The second kappa shape index (κ2) is 7.06. The second-order valence-electron chi connectivity index (χ2n) is 3.70. The zero-order valence-corrected chi connectivity index (χ0v) is 11.2. The Labute approximate surface area is 111 Å². The molecular weight excluding hydrogens is 258 g/mol. The summed E-state index contributed by atoms with van der Waals surface area (Å²) in [5.74, 6) is 0.491. The molecule has 0 N–H and O–H groups in total. The summed E-state index contributed by atoms with van der Waals surface area (Å²) in [5, 5.41) is 11.3. The number of hydrogen-bond donors (Lipinski definition) is 0. The maximum Gasteiger partial charge on any atom is 0.314 e. The smallest absolute Gasteiger partial charge is 0.314 e. The fraction of sp³-hybridized carbons (Fsp3) is 0.500. The lowest BCUT2D eigenvalue weighted by Gasteiger charge is -2.10. The van der Waals surface area contributed by atoms with E-state index in [2.05, 4.69) is 0 Å². The lowest BCUT2D eigenvalue weighted by Crippen LogP contribution is -2.02. The highest BCUT2D eigenvalue weighted by atomic mass is 35.5. The number of benzene rings is 1. The van der Waals surface area contributed by atoms with E-state index in [0.717, 1.165) is 12.8 Å². The zero-order valence-electron chi connectivity index (χ0n) is 10.4. The third-order valence-corrected chi connectivity index (χ3v) is 2.43. The molecule has 0 aliphatic rings. The van der Waals surface area contributed by atoms with Gasteiger partial charge in [-0.15, -0.1) is 0 Å². The van der Waals surface area contributed by atoms with Crippen LogP contribution in [0, 0.1) is 10.1 Å². The van der Waals surface area contributed by atoms with Gasteiger partial charge in [-0.1, -0.05) is 25.4 Å². The Morgan fingerprint density at radius 3 is 2.22 bits per heavy atom. The highest BCUT2D eigenvalue weighted by molar-refractivity contribution is 6.32. The van der Waals surface area contributed by atoms with Crippen molar-refractivity contribution in [2.24, 2.45) is 0 Å². The molecule has 0 fully saturated rings. The van der Waals surface area contributed by atoms with Crippen molar-refractivity contribution in [1.82, 2.24) is 0 Å². The van der Waals surface area contributed by atoms with Crippen LogP contribution in [-0.2, 0) is 0 Å². The molecule has 0 aliphatic heterocycles. The molecule has 0 atom stereocenters. The van der Waals surface area contributed by atoms with Crippen LogP contribution in [0.2, 0.25) is 5.02 Å². The van der Waals surface area contributed by atoms with Crippen molar-refractivity contribution in [3.8, 4) is 11.5 Å². The minimum absolute atomic E-state index is 0.126. The van der Waals surface area contributed by atoms with Crippen molar-refractivity contribution < 1.29 is 14.4 Å². The summed E-state index contributed by atoms with van der Waals surface area (Å²) in [6, 6.07) is 2.74. The van der Waals surface area contributed by atoms with Gasteiger partial charge >= 0.3 is 5.69 Å². The van der Waals surface area contributed by atoms with E-state index in [1.807, 2.05) is 13.8 Å². The first kappa shape index (κ1) is 14.6. The zero-order chi connectivity index (χ0) is 13.5. The van der Waals surface area contributed by atoms with Gasteiger partial charge in [0.05, 0.1) is 29.2 Å². The first-order chi connectivity index (χ1) is 8.60. The van der Waals surface area contributed by atoms with Crippen molar-refractivity contribution >= 4 is 17.3 Å². The highest BCUT2D eigenvalue weighted by Crippen LogP contribution is 2.37. The Morgan fingerprint density at radius 1 is 1.17 bits per heavy atom. The predicted molar refractivity (Wildman–Crippen MR) is 69.7 cm³/mol. The minimum atomic E-state index is -0.500. The molecule has 0 aromatic heterocycles. The van der Waals surface area contributed by atoms with Gasteiger partial charge in [-0.05, 0) is 12.8 Å². The summed E-state index contributed by atoms with van der Waals surface area (Å²) < 4.78 is 10.7. The fourth-order valence-corrected chi connectivity index (χ4v) is 1.53. The van der Waals surface area contributed by atoms with Crippen LogP contribution in [0.4, 0.5) is 5.69 Å². The monoisotopic (exact) mass is 273 g/mol. The number of halogens is 1. The van der Waals surface area contributed by atoms with Gasteiger partial charge in [0, 0.05) is 6.07 Å². The molecule has 0 spiro atoms. The van der Waals surface area contributed by atoms with Crippen molar-refractivity contribution in [3.05, 3.63) is 27.3 Å². The SMILES string of the molecule is CCCOc1cc([N+](=O)[O-])c(OCCC)cc1Cl. The summed E-state index contributed by atoms with van der Waals surface area (Å²) in [5.41, 5.74) is -0.126. The third kappa shape index (κ3) is 3.77. The number of hydrogen-bond acceptors (Lipinski definition) is 4. The molecule has 1 aromatic carbocycles. The number of nitro groups is 1. The van der Waals surface area contributed by atoms with Crippen LogP contribution in [0.25, 0.3) is 0 Å². The molecule has 6 heteroatoms. The molecule has 0 saturated heterocycles. The van der Waals surface area contributed by atoms with E-state index in [1.54, 1.807) is 0 Å². The van der Waals surface area contributed by atoms with Crippen molar-refractivity contribution in [2.45, 2.75) is 26.7 Å². The molecule has 0 saturated carbocycles. The minimum Gasteiger partial charge on any atom is -0.492 e. The Bertz CT molecular complexity index is 423. The Kier molecular flexibility index (Phi) is 5.71. The Morgan fingerprint density at radius 2 is 1.72 bits per heavy atom. The van der Waals surface area contributed by atoms with Crippen molar-refractivity contribution in [3.63, 3.8) is 0 Å². The first-order valence-corrected chi connectivity index (χ1v) is 6.21. The van der Waals surface area contributed by atoms with Crippen LogP contribution < -0.4 is 9.47 Å². The van der Waals surface area contributed by atoms with Gasteiger partial charge in [0.1, 0.15) is 5.75 Å². The molecule has 0 unspecified atom stereocenters. The summed E-state index contributed by atoms with van der Waals surface area (Å²) in [7, 11) is 0. The van der Waals surface area contributed by atoms with Crippen LogP contribution in [0.5, 0.6) is 11.5 Å². The number of rotatable bonds is 7. The van der Waals surface area contributed by atoms with Gasteiger partial charge < -0.3 is 9.47 Å². The molecule has 0 bridgehead atoms. The summed E-state index contributed by atoms with van der Waals surface area (Å²) in [6.07, 6.45) is 1.57. The van der Waals surface area contributed by atoms with Crippen LogP contribution in [0.15, 0.2) is 12.1 Å². The molecule has 100 valence electrons. The molecule has 18 heavy (non-hydrogen) atoms. The molecule has 0 amide bonds. The van der Waals surface area contributed by atoms with E-state index in [4.69, 9.17) is 21.1 Å². The van der Waals surface area contributed by atoms with Crippen LogP contribution in [0.1, 0.15) is 26.7 Å². The highest BCUT2D eigenvalue weighted by Gasteiger charge is 2.19. The normalized spacial score (nSPS) is 10.2. The Hall–Kier alpha value is -1.49. The molecule has 1 rings (SSSR count). The molecule has 0 aliphatic carbocycles. The molecule has 5 nitrogen and oxygen atoms in total. The van der Waals surface area contributed by atoms with E-state index in [1.165, 1.54) is 12.1 Å². The number of ether oxygens (including phenoxy) is 2. The molecular formula is C12H16ClNO4. The largest absolute Gasteiger partial charge is 0.492 e. The maximum atomic E-state index is 10.9. The van der Waals surface area contributed by atoms with Gasteiger partial charge in [0.2, 0.25) is 0 Å². The standard InChI is InChI=1S/C12H16ClNO4/c1-3-5-17-11-8-10(14(15)16)12(7-9(11)13)18-6-4-2/h7-8H,3-6H2,1-2H3. The van der Waals surface area contributed by atoms with Gasteiger partial charge in [0.15, 0.2) is 5.75 Å². The predicted octanol–water partition coefficient (Wildman–Crippen LogP) is 3.83. The van der Waals surface area contributed by atoms with Gasteiger partial charge in [-0.3, -0.25) is 10.1 Å². The van der Waals surface area contributed by atoms with Crippen molar-refractivity contribution in [1.29, 1.82) is 0 Å². The summed E-state index contributed by atoms with van der Waals surface area (Å²) >= 11 is 5.99. The lowest BCUT2D eigenvalue weighted by atomic mass is 10.2. The third-order valence-electron chi connectivity index (χ3n) is 2.13. The van der Waals surface area contributed by atoms with E-state index in [9.17, 15) is 10.1 Å². The average molecular weight is 274 g/mol. The van der Waals surface area contributed by atoms with E-state index in [-0.39, 0.29) is 11.4 Å². The van der Waals surface area contributed by atoms with Gasteiger partial charge in [-0.2, -0.15) is 0 Å². The topological polar surface area (TPSA) is 61.6 Å². The average Bonchev–Trinajstić information content (AvgIpc) is 2.34. The maximum absolute atomic E-state index is 10.9. The number of nitrogens with zero attached hydrogens (tertiary/aromatic N) is 1. The molecule has 0 radical (unpaired) electrons. The molecule has 0 heterocycles. The fourth-order valence-electron chi connectivity index (χ4n) is 1.32. The molecule has 1 aromatic rings. The van der Waals surface area contributed by atoms with E-state index < -0.39 is 4.92 Å². The van der Waals surface area contributed by atoms with Gasteiger partial charge in [0.25, 0.3) is 0 Å². The van der Waals surface area contributed by atoms with E-state index >= 15 is 0 Å². The lowest BCUT2D eigenvalue weighted by molar-refractivity contribution is -0.385. The second-order valence-corrected chi connectivity index (χ2v) is 4.11. The van der Waals surface area contributed by atoms with Crippen LogP contribution in [-0.4, -0.2) is 18.1 Å². The first-order valence-electron chi connectivity index (χ1n) is 5.83. The quantitative estimate of drug-likeness (QED) is 0.559.